The highest BCUT2D eigenvalue weighted by Gasteiger charge is 2.31. The number of aliphatic carboxylic acids is 1. The predicted molar refractivity (Wildman–Crippen MR) is 137 cm³/mol. The lowest BCUT2D eigenvalue weighted by atomic mass is 10.0. The molecule has 12 heteroatoms. The molecule has 0 radical (unpaired) electrons. The molecule has 202 valence electrons. The fraction of sp³-hybridized carbons (Fsp3) is 0.480. The maximum atomic E-state index is 13.2. The lowest BCUT2D eigenvalue weighted by Gasteiger charge is -2.25. The average Bonchev–Trinajstić information content (AvgIpc) is 3.22. The molecule has 1 aromatic carbocycles. The largest absolute Gasteiger partial charge is 0.480 e. The average molecular weight is 517 g/mol. The minimum atomic E-state index is -1.25. The van der Waals surface area contributed by atoms with Crippen LogP contribution in [0.5, 0.6) is 0 Å². The summed E-state index contributed by atoms with van der Waals surface area (Å²) in [4.78, 5) is 64.6. The molecule has 0 saturated carbocycles. The van der Waals surface area contributed by atoms with Crippen molar-refractivity contribution in [1.82, 2.24) is 20.9 Å². The molecule has 2 aromatic rings. The van der Waals surface area contributed by atoms with Crippen molar-refractivity contribution in [3.63, 3.8) is 0 Å². The first kappa shape index (κ1) is 29.3. The number of aromatic nitrogens is 1. The van der Waals surface area contributed by atoms with Gasteiger partial charge in [0.1, 0.15) is 18.1 Å². The molecule has 4 atom stereocenters. The number of carbonyl (C=O) groups excluding carboxylic acids is 4. The van der Waals surface area contributed by atoms with Crippen molar-refractivity contribution in [2.75, 3.05) is 0 Å². The zero-order valence-corrected chi connectivity index (χ0v) is 21.2. The van der Waals surface area contributed by atoms with Gasteiger partial charge in [0.25, 0.3) is 0 Å². The van der Waals surface area contributed by atoms with Gasteiger partial charge in [-0.3, -0.25) is 19.2 Å². The zero-order valence-electron chi connectivity index (χ0n) is 21.2. The van der Waals surface area contributed by atoms with Crippen molar-refractivity contribution in [3.05, 3.63) is 36.0 Å². The van der Waals surface area contributed by atoms with Crippen LogP contribution < -0.4 is 27.4 Å². The van der Waals surface area contributed by atoms with Crippen LogP contribution in [0.4, 0.5) is 0 Å². The second-order valence-electron chi connectivity index (χ2n) is 9.51. The number of hydrogen-bond acceptors (Lipinski definition) is 6. The number of H-pyrrole nitrogens is 1. The van der Waals surface area contributed by atoms with Crippen LogP contribution in [0.1, 0.15) is 45.6 Å². The van der Waals surface area contributed by atoms with Crippen LogP contribution in [0.25, 0.3) is 10.9 Å². The summed E-state index contributed by atoms with van der Waals surface area (Å²) in [5.41, 5.74) is 12.3. The van der Waals surface area contributed by atoms with Crippen molar-refractivity contribution in [1.29, 1.82) is 0 Å². The van der Waals surface area contributed by atoms with Crippen LogP contribution >= 0.6 is 0 Å². The highest BCUT2D eigenvalue weighted by Crippen LogP contribution is 2.19. The van der Waals surface area contributed by atoms with E-state index in [1.54, 1.807) is 6.20 Å². The molecule has 4 amide bonds. The molecule has 0 spiro atoms. The number of nitrogens with one attached hydrogen (secondary N) is 4. The molecule has 0 saturated heterocycles. The molecule has 0 aliphatic carbocycles. The van der Waals surface area contributed by atoms with E-state index in [1.165, 1.54) is 6.92 Å². The predicted octanol–water partition coefficient (Wildman–Crippen LogP) is -0.0918. The third kappa shape index (κ3) is 8.90. The fourth-order valence-electron chi connectivity index (χ4n) is 3.83. The Bertz CT molecular complexity index is 1130. The van der Waals surface area contributed by atoms with Crippen LogP contribution in [0.2, 0.25) is 0 Å². The Kier molecular flexibility index (Phi) is 10.6. The third-order valence-corrected chi connectivity index (χ3v) is 5.78. The number of carboxylic acids is 1. The molecular formula is C25H36N6O6. The number of hydrogen-bond donors (Lipinski definition) is 7. The number of carbonyl (C=O) groups is 5. The molecule has 2 rings (SSSR count). The Morgan fingerprint density at radius 1 is 0.919 bits per heavy atom. The third-order valence-electron chi connectivity index (χ3n) is 5.78. The van der Waals surface area contributed by atoms with Crippen LogP contribution in [0, 0.1) is 5.92 Å². The Morgan fingerprint density at radius 3 is 2.11 bits per heavy atom. The first-order chi connectivity index (χ1) is 17.4. The van der Waals surface area contributed by atoms with Gasteiger partial charge in [0.15, 0.2) is 0 Å². The van der Waals surface area contributed by atoms with Crippen LogP contribution in [0.15, 0.2) is 30.5 Å². The molecule has 0 bridgehead atoms. The van der Waals surface area contributed by atoms with E-state index in [2.05, 4.69) is 20.9 Å². The summed E-state index contributed by atoms with van der Waals surface area (Å²) in [5.74, 6) is -3.92. The Hall–Kier alpha value is -3.93. The first-order valence-corrected chi connectivity index (χ1v) is 12.1. The van der Waals surface area contributed by atoms with Crippen LogP contribution in [-0.4, -0.2) is 63.9 Å². The minimum absolute atomic E-state index is 0.0269. The normalized spacial score (nSPS) is 14.4. The highest BCUT2D eigenvalue weighted by atomic mass is 16.4. The van der Waals surface area contributed by atoms with Crippen molar-refractivity contribution >= 4 is 40.5 Å². The standard InChI is InChI=1S/C25H36N6O6/c1-13(2)10-19(30-23(34)18(8-9-21(27)32)29-22(33)14(3)26)24(35)31-20(25(36)37)11-15-12-28-17-7-5-4-6-16(15)17/h4-7,12-14,18-20,28H,8-11,26H2,1-3H3,(H2,27,32)(H,29,33)(H,30,34)(H,31,35)(H,36,37). The SMILES string of the molecule is CC(C)CC(NC(=O)C(CCC(N)=O)NC(=O)C(C)N)C(=O)NC(Cc1c[nH]c2ccccc12)C(=O)O. The van der Waals surface area contributed by atoms with E-state index in [1.807, 2.05) is 38.1 Å². The summed E-state index contributed by atoms with van der Waals surface area (Å²) >= 11 is 0. The number of nitrogens with two attached hydrogens (primary N) is 2. The molecule has 37 heavy (non-hydrogen) atoms. The Balaban J connectivity index is 2.18. The summed E-state index contributed by atoms with van der Waals surface area (Å²) < 4.78 is 0. The summed E-state index contributed by atoms with van der Waals surface area (Å²) in [6, 6.07) is 3.01. The van der Waals surface area contributed by atoms with E-state index in [9.17, 15) is 29.1 Å². The van der Waals surface area contributed by atoms with E-state index >= 15 is 0 Å². The van der Waals surface area contributed by atoms with Crippen LogP contribution in [0.3, 0.4) is 0 Å². The van der Waals surface area contributed by atoms with Crippen molar-refractivity contribution in [2.24, 2.45) is 17.4 Å². The number of amides is 4. The number of fused-ring (bicyclic) bond motifs is 1. The van der Waals surface area contributed by atoms with E-state index in [-0.39, 0.29) is 31.6 Å². The first-order valence-electron chi connectivity index (χ1n) is 12.1. The monoisotopic (exact) mass is 516 g/mol. The number of benzene rings is 1. The fourth-order valence-corrected chi connectivity index (χ4v) is 3.83. The number of para-hydroxylation sites is 1. The van der Waals surface area contributed by atoms with Crippen molar-refractivity contribution < 1.29 is 29.1 Å². The highest BCUT2D eigenvalue weighted by molar-refractivity contribution is 5.94. The Labute approximate surface area is 214 Å². The van der Waals surface area contributed by atoms with Crippen molar-refractivity contribution in [2.45, 2.75) is 70.6 Å². The van der Waals surface area contributed by atoms with Gasteiger partial charge in [0.2, 0.25) is 23.6 Å². The minimum Gasteiger partial charge on any atom is -0.480 e. The van der Waals surface area contributed by atoms with Gasteiger partial charge in [0, 0.05) is 29.9 Å². The number of carboxylic acid groups (broad SMARTS) is 1. The van der Waals surface area contributed by atoms with Gasteiger partial charge in [-0.05, 0) is 37.3 Å². The molecular weight excluding hydrogens is 480 g/mol. The van der Waals surface area contributed by atoms with Gasteiger partial charge in [-0.1, -0.05) is 32.0 Å². The number of primary amides is 1. The van der Waals surface area contributed by atoms with Gasteiger partial charge in [-0.25, -0.2) is 4.79 Å². The Morgan fingerprint density at radius 2 is 1.51 bits per heavy atom. The van der Waals surface area contributed by atoms with Gasteiger partial charge < -0.3 is 37.5 Å². The van der Waals surface area contributed by atoms with Gasteiger partial charge in [-0.2, -0.15) is 0 Å². The maximum absolute atomic E-state index is 13.2. The summed E-state index contributed by atoms with van der Waals surface area (Å²) in [6.45, 7) is 5.12. The van der Waals surface area contributed by atoms with E-state index in [4.69, 9.17) is 11.5 Å². The molecule has 9 N–H and O–H groups in total. The lowest BCUT2D eigenvalue weighted by molar-refractivity contribution is -0.142. The molecule has 0 fully saturated rings. The number of rotatable bonds is 14. The second kappa shape index (κ2) is 13.4. The molecule has 0 aliphatic heterocycles. The molecule has 1 heterocycles. The van der Waals surface area contributed by atoms with Gasteiger partial charge in [-0.15, -0.1) is 0 Å². The molecule has 0 aliphatic rings. The van der Waals surface area contributed by atoms with Crippen LogP contribution in [-0.2, 0) is 30.4 Å². The number of aromatic amines is 1. The smallest absolute Gasteiger partial charge is 0.326 e. The quantitative estimate of drug-likeness (QED) is 0.181. The van der Waals surface area contributed by atoms with Crippen molar-refractivity contribution in [3.8, 4) is 0 Å². The molecule has 1 aromatic heterocycles. The lowest BCUT2D eigenvalue weighted by Crippen LogP contribution is -2.57. The zero-order chi connectivity index (χ0) is 27.7. The van der Waals surface area contributed by atoms with Gasteiger partial charge >= 0.3 is 5.97 Å². The summed E-state index contributed by atoms with van der Waals surface area (Å²) in [6.07, 6.45) is 1.67. The molecule has 12 nitrogen and oxygen atoms in total. The van der Waals surface area contributed by atoms with E-state index in [0.717, 1.165) is 16.5 Å². The summed E-state index contributed by atoms with van der Waals surface area (Å²) in [5, 5.41) is 18.2. The summed E-state index contributed by atoms with van der Waals surface area (Å²) in [7, 11) is 0. The van der Waals surface area contributed by atoms with Gasteiger partial charge in [0.05, 0.1) is 6.04 Å². The maximum Gasteiger partial charge on any atom is 0.326 e. The van der Waals surface area contributed by atoms with E-state index < -0.39 is 53.8 Å². The second-order valence-corrected chi connectivity index (χ2v) is 9.51. The molecule has 4 unspecified atom stereocenters. The van der Waals surface area contributed by atoms with E-state index in [0.29, 0.717) is 0 Å². The topological polar surface area (TPSA) is 209 Å².